The zero-order valence-electron chi connectivity index (χ0n) is 13.7. The fourth-order valence-corrected chi connectivity index (χ4v) is 3.01. The predicted molar refractivity (Wildman–Crippen MR) is 91.8 cm³/mol. The summed E-state index contributed by atoms with van der Waals surface area (Å²) in [6.07, 6.45) is 0.779. The molecule has 9 heteroatoms. The molecule has 0 bridgehead atoms. The Morgan fingerprint density at radius 2 is 2.20 bits per heavy atom. The van der Waals surface area contributed by atoms with Gasteiger partial charge in [0.05, 0.1) is 25.4 Å². The Morgan fingerprint density at radius 1 is 1.44 bits per heavy atom. The van der Waals surface area contributed by atoms with E-state index in [1.165, 1.54) is 7.11 Å². The third-order valence-corrected chi connectivity index (χ3v) is 4.24. The van der Waals surface area contributed by atoms with Crippen LogP contribution in [0.25, 0.3) is 0 Å². The van der Waals surface area contributed by atoms with Gasteiger partial charge in [0.2, 0.25) is 11.8 Å². The van der Waals surface area contributed by atoms with E-state index < -0.39 is 30.8 Å². The molecule has 2 N–H and O–H groups in total. The lowest BCUT2D eigenvalue weighted by Gasteiger charge is -2.20. The number of ether oxygens (including phenoxy) is 1. The van der Waals surface area contributed by atoms with Gasteiger partial charge >= 0.3 is 0 Å². The van der Waals surface area contributed by atoms with E-state index in [0.717, 1.165) is 6.42 Å². The van der Waals surface area contributed by atoms with Crippen LogP contribution in [-0.4, -0.2) is 44.0 Å². The maximum atomic E-state index is 13.2. The first-order valence-electron chi connectivity index (χ1n) is 7.80. The molecule has 138 valence electrons. The summed E-state index contributed by atoms with van der Waals surface area (Å²) in [5.74, 6) is -2.89. The van der Waals surface area contributed by atoms with Gasteiger partial charge in [-0.3, -0.25) is 14.9 Å². The van der Waals surface area contributed by atoms with Gasteiger partial charge in [-0.2, -0.15) is 0 Å². The minimum absolute atomic E-state index is 0. The van der Waals surface area contributed by atoms with Gasteiger partial charge < -0.3 is 15.0 Å². The Bertz CT molecular complexity index is 672. The Balaban J connectivity index is 0.00000225. The summed E-state index contributed by atoms with van der Waals surface area (Å²) >= 11 is 0. The minimum Gasteiger partial charge on any atom is -0.494 e. The quantitative estimate of drug-likeness (QED) is 0.846. The first kappa shape index (κ1) is 19.4. The summed E-state index contributed by atoms with van der Waals surface area (Å²) in [6.45, 7) is 0.131. The number of alkyl halides is 2. The van der Waals surface area contributed by atoms with E-state index in [-0.39, 0.29) is 18.3 Å². The zero-order valence-corrected chi connectivity index (χ0v) is 14.5. The van der Waals surface area contributed by atoms with Gasteiger partial charge in [-0.15, -0.1) is 12.4 Å². The summed E-state index contributed by atoms with van der Waals surface area (Å²) in [5.41, 5.74) is 1.08. The SMILES string of the molecule is COc1cc(NC(=O)C2CC(F)(F)CN2)ccc1N1CCCC1=O.Cl. The summed E-state index contributed by atoms with van der Waals surface area (Å²) in [6, 6.07) is 3.99. The van der Waals surface area contributed by atoms with Crippen LogP contribution < -0.4 is 20.3 Å². The van der Waals surface area contributed by atoms with Crippen LogP contribution in [0.15, 0.2) is 18.2 Å². The molecule has 0 spiro atoms. The zero-order chi connectivity index (χ0) is 17.3. The number of methoxy groups -OCH3 is 1. The number of hydrogen-bond acceptors (Lipinski definition) is 4. The highest BCUT2D eigenvalue weighted by molar-refractivity contribution is 5.98. The summed E-state index contributed by atoms with van der Waals surface area (Å²) in [4.78, 5) is 25.6. The molecule has 0 saturated carbocycles. The maximum Gasteiger partial charge on any atom is 0.262 e. The Hall–Kier alpha value is -1.93. The lowest BCUT2D eigenvalue weighted by atomic mass is 10.1. The smallest absolute Gasteiger partial charge is 0.262 e. The second-order valence-corrected chi connectivity index (χ2v) is 6.02. The second kappa shape index (κ2) is 7.53. The van der Waals surface area contributed by atoms with Crippen LogP contribution >= 0.6 is 12.4 Å². The number of hydrogen-bond donors (Lipinski definition) is 2. The largest absolute Gasteiger partial charge is 0.494 e. The van der Waals surface area contributed by atoms with Gasteiger partial charge in [-0.25, -0.2) is 8.78 Å². The molecule has 2 aliphatic heterocycles. The first-order valence-corrected chi connectivity index (χ1v) is 7.80. The molecule has 1 aromatic carbocycles. The number of nitrogens with one attached hydrogen (secondary N) is 2. The molecule has 3 rings (SSSR count). The standard InChI is InChI=1S/C16H19F2N3O3.ClH/c1-24-13-7-10(4-5-12(13)21-6-2-3-14(21)22)20-15(23)11-8-16(17,18)9-19-11;/h4-5,7,11,19H,2-3,6,8-9H2,1H3,(H,20,23);1H. The second-order valence-electron chi connectivity index (χ2n) is 6.02. The van der Waals surface area contributed by atoms with Crippen LogP contribution in [0.5, 0.6) is 5.75 Å². The number of amides is 2. The number of anilines is 2. The molecule has 1 atom stereocenters. The first-order chi connectivity index (χ1) is 11.4. The van der Waals surface area contributed by atoms with E-state index >= 15 is 0 Å². The highest BCUT2D eigenvalue weighted by Gasteiger charge is 2.42. The molecule has 6 nitrogen and oxygen atoms in total. The van der Waals surface area contributed by atoms with Crippen molar-refractivity contribution in [2.45, 2.75) is 31.2 Å². The monoisotopic (exact) mass is 375 g/mol. The van der Waals surface area contributed by atoms with E-state index in [1.807, 2.05) is 0 Å². The lowest BCUT2D eigenvalue weighted by Crippen LogP contribution is -2.35. The highest BCUT2D eigenvalue weighted by atomic mass is 35.5. The number of halogens is 3. The molecule has 1 aromatic rings. The molecular formula is C16H20ClF2N3O3. The van der Waals surface area contributed by atoms with Gasteiger partial charge in [0.15, 0.2) is 0 Å². The van der Waals surface area contributed by atoms with E-state index in [2.05, 4.69) is 10.6 Å². The maximum absolute atomic E-state index is 13.2. The van der Waals surface area contributed by atoms with Crippen molar-refractivity contribution >= 4 is 35.6 Å². The normalized spacial score (nSPS) is 21.8. The van der Waals surface area contributed by atoms with Crippen LogP contribution in [-0.2, 0) is 9.59 Å². The molecule has 0 radical (unpaired) electrons. The topological polar surface area (TPSA) is 70.7 Å². The predicted octanol–water partition coefficient (Wildman–Crippen LogP) is 2.18. The summed E-state index contributed by atoms with van der Waals surface area (Å²) in [7, 11) is 1.48. The van der Waals surface area contributed by atoms with Crippen molar-refractivity contribution in [2.75, 3.05) is 30.4 Å². The number of carbonyl (C=O) groups excluding carboxylic acids is 2. The summed E-state index contributed by atoms with van der Waals surface area (Å²) in [5, 5.41) is 5.12. The average Bonchev–Trinajstić information content (AvgIpc) is 3.12. The highest BCUT2D eigenvalue weighted by Crippen LogP contribution is 2.34. The van der Waals surface area contributed by atoms with Gasteiger partial charge in [-0.05, 0) is 18.6 Å². The molecule has 1 unspecified atom stereocenters. The Kier molecular flexibility index (Phi) is 5.84. The lowest BCUT2D eigenvalue weighted by molar-refractivity contribution is -0.118. The third kappa shape index (κ3) is 4.19. The van der Waals surface area contributed by atoms with Crippen molar-refractivity contribution in [3.63, 3.8) is 0 Å². The van der Waals surface area contributed by atoms with E-state index in [1.54, 1.807) is 23.1 Å². The molecule has 2 fully saturated rings. The van der Waals surface area contributed by atoms with Gasteiger partial charge in [0.25, 0.3) is 5.92 Å². The Morgan fingerprint density at radius 3 is 2.76 bits per heavy atom. The summed E-state index contributed by atoms with van der Waals surface area (Å²) < 4.78 is 31.7. The molecule has 2 saturated heterocycles. The van der Waals surface area contributed by atoms with Gasteiger partial charge in [-0.1, -0.05) is 0 Å². The molecule has 0 aliphatic carbocycles. The number of nitrogens with zero attached hydrogens (tertiary/aromatic N) is 1. The number of rotatable bonds is 4. The van der Waals surface area contributed by atoms with Crippen molar-refractivity contribution in [2.24, 2.45) is 0 Å². The van der Waals surface area contributed by atoms with Crippen LogP contribution in [0, 0.1) is 0 Å². The number of benzene rings is 1. The molecule has 2 amide bonds. The molecule has 0 aromatic heterocycles. The van der Waals surface area contributed by atoms with Crippen molar-refractivity contribution in [1.82, 2.24) is 5.32 Å². The molecule has 2 aliphatic rings. The van der Waals surface area contributed by atoms with Crippen LogP contribution in [0.4, 0.5) is 20.2 Å². The van der Waals surface area contributed by atoms with E-state index in [0.29, 0.717) is 30.1 Å². The third-order valence-electron chi connectivity index (χ3n) is 4.24. The molecular weight excluding hydrogens is 356 g/mol. The van der Waals surface area contributed by atoms with E-state index in [4.69, 9.17) is 4.74 Å². The van der Waals surface area contributed by atoms with Crippen molar-refractivity contribution in [3.8, 4) is 5.75 Å². The van der Waals surface area contributed by atoms with Crippen molar-refractivity contribution < 1.29 is 23.1 Å². The minimum atomic E-state index is -2.86. The fourth-order valence-electron chi connectivity index (χ4n) is 3.01. The molecule has 25 heavy (non-hydrogen) atoms. The average molecular weight is 376 g/mol. The van der Waals surface area contributed by atoms with Gasteiger partial charge in [0, 0.05) is 31.1 Å². The van der Waals surface area contributed by atoms with Crippen LogP contribution in [0.3, 0.4) is 0 Å². The van der Waals surface area contributed by atoms with Crippen molar-refractivity contribution in [3.05, 3.63) is 18.2 Å². The number of carbonyl (C=O) groups is 2. The van der Waals surface area contributed by atoms with Crippen LogP contribution in [0.2, 0.25) is 0 Å². The van der Waals surface area contributed by atoms with Crippen LogP contribution in [0.1, 0.15) is 19.3 Å². The van der Waals surface area contributed by atoms with Gasteiger partial charge in [0.1, 0.15) is 5.75 Å². The van der Waals surface area contributed by atoms with Crippen molar-refractivity contribution in [1.29, 1.82) is 0 Å². The fraction of sp³-hybridized carbons (Fsp3) is 0.500. The Labute approximate surface area is 150 Å². The molecule has 2 heterocycles. The van der Waals surface area contributed by atoms with E-state index in [9.17, 15) is 18.4 Å².